The molecule has 1 saturated carbocycles. The maximum absolute atomic E-state index is 6.10. The molecule has 2 nitrogen and oxygen atoms in total. The third-order valence-electron chi connectivity index (χ3n) is 2.91. The second-order valence-electron chi connectivity index (χ2n) is 4.15. The first kappa shape index (κ1) is 10.8. The van der Waals surface area contributed by atoms with Crippen LogP contribution in [0.3, 0.4) is 0 Å². The van der Waals surface area contributed by atoms with E-state index in [-0.39, 0.29) is 0 Å². The zero-order chi connectivity index (χ0) is 10.8. The molecule has 0 spiro atoms. The molecule has 2 rings (SSSR count). The van der Waals surface area contributed by atoms with Crippen LogP contribution in [-0.2, 0) is 4.74 Å². The molecule has 0 amide bonds. The maximum atomic E-state index is 6.10. The first-order valence-corrected chi connectivity index (χ1v) is 5.62. The minimum absolute atomic E-state index is 0.422. The highest BCUT2D eigenvalue weighted by molar-refractivity contribution is 6.33. The molecule has 15 heavy (non-hydrogen) atoms. The number of methoxy groups -OCH3 is 1. The summed E-state index contributed by atoms with van der Waals surface area (Å²) in [5.74, 6) is 0. The minimum atomic E-state index is 0.422. The van der Waals surface area contributed by atoms with E-state index in [0.717, 1.165) is 23.6 Å². The van der Waals surface area contributed by atoms with Crippen LogP contribution in [0.4, 0.5) is 5.69 Å². The molecule has 0 saturated heterocycles. The molecule has 0 unspecified atom stereocenters. The molecule has 0 bridgehead atoms. The number of anilines is 1. The van der Waals surface area contributed by atoms with Crippen LogP contribution in [0.2, 0.25) is 5.02 Å². The van der Waals surface area contributed by atoms with Gasteiger partial charge in [-0.25, -0.2) is 0 Å². The molecule has 0 radical (unpaired) electrons. The number of halogens is 1. The summed E-state index contributed by atoms with van der Waals surface area (Å²) in [5, 5.41) is 4.23. The molecule has 1 N–H and O–H groups in total. The van der Waals surface area contributed by atoms with Gasteiger partial charge in [0.25, 0.3) is 0 Å². The van der Waals surface area contributed by atoms with Crippen molar-refractivity contribution in [1.82, 2.24) is 0 Å². The van der Waals surface area contributed by atoms with E-state index in [1.54, 1.807) is 7.11 Å². The van der Waals surface area contributed by atoms with Gasteiger partial charge in [-0.3, -0.25) is 0 Å². The van der Waals surface area contributed by atoms with Crippen molar-refractivity contribution in [2.75, 3.05) is 12.4 Å². The number of benzene rings is 1. The smallest absolute Gasteiger partial charge is 0.0637 e. The van der Waals surface area contributed by atoms with E-state index in [1.165, 1.54) is 5.56 Å². The normalized spacial score (nSPS) is 24.7. The Kier molecular flexibility index (Phi) is 3.17. The summed E-state index contributed by atoms with van der Waals surface area (Å²) in [4.78, 5) is 0. The molecular formula is C12H16ClNO. The van der Waals surface area contributed by atoms with Gasteiger partial charge in [0.05, 0.1) is 16.8 Å². The number of rotatable bonds is 3. The number of hydrogen-bond donors (Lipinski definition) is 1. The average molecular weight is 226 g/mol. The largest absolute Gasteiger partial charge is 0.381 e. The second-order valence-corrected chi connectivity index (χ2v) is 4.56. The Balaban J connectivity index is 1.97. The number of aryl methyl sites for hydroxylation is 1. The van der Waals surface area contributed by atoms with Crippen LogP contribution < -0.4 is 5.32 Å². The van der Waals surface area contributed by atoms with Crippen molar-refractivity contribution in [2.45, 2.75) is 31.9 Å². The molecular weight excluding hydrogens is 210 g/mol. The van der Waals surface area contributed by atoms with Gasteiger partial charge in [0.2, 0.25) is 0 Å². The first-order chi connectivity index (χ1) is 7.19. The topological polar surface area (TPSA) is 21.3 Å². The fourth-order valence-corrected chi connectivity index (χ4v) is 2.02. The SMILES string of the molecule is COC1CC(Nc2cc(C)ccc2Cl)C1. The van der Waals surface area contributed by atoms with E-state index in [2.05, 4.69) is 18.3 Å². The molecule has 0 atom stereocenters. The Morgan fingerprint density at radius 1 is 1.40 bits per heavy atom. The van der Waals surface area contributed by atoms with Crippen LogP contribution in [-0.4, -0.2) is 19.3 Å². The van der Waals surface area contributed by atoms with Gasteiger partial charge in [-0.05, 0) is 37.5 Å². The van der Waals surface area contributed by atoms with E-state index in [9.17, 15) is 0 Å². The van der Waals surface area contributed by atoms with Gasteiger partial charge in [0, 0.05) is 13.2 Å². The van der Waals surface area contributed by atoms with Crippen molar-refractivity contribution in [2.24, 2.45) is 0 Å². The molecule has 0 aliphatic heterocycles. The molecule has 0 aromatic heterocycles. The van der Waals surface area contributed by atoms with Crippen molar-refractivity contribution in [3.8, 4) is 0 Å². The number of ether oxygens (including phenoxy) is 1. The lowest BCUT2D eigenvalue weighted by Crippen LogP contribution is -2.40. The van der Waals surface area contributed by atoms with Gasteiger partial charge in [-0.1, -0.05) is 17.7 Å². The number of nitrogens with one attached hydrogen (secondary N) is 1. The van der Waals surface area contributed by atoms with Crippen molar-refractivity contribution in [3.63, 3.8) is 0 Å². The molecule has 1 aliphatic carbocycles. The fourth-order valence-electron chi connectivity index (χ4n) is 1.85. The predicted molar refractivity (Wildman–Crippen MR) is 63.6 cm³/mol. The quantitative estimate of drug-likeness (QED) is 0.853. The van der Waals surface area contributed by atoms with Gasteiger partial charge in [0.1, 0.15) is 0 Å². The highest BCUT2D eigenvalue weighted by Gasteiger charge is 2.29. The molecule has 1 aromatic carbocycles. The Hall–Kier alpha value is -0.730. The molecule has 82 valence electrons. The van der Waals surface area contributed by atoms with Crippen LogP contribution in [0.5, 0.6) is 0 Å². The lowest BCUT2D eigenvalue weighted by Gasteiger charge is -2.35. The van der Waals surface area contributed by atoms with E-state index in [4.69, 9.17) is 16.3 Å². The van der Waals surface area contributed by atoms with Crippen molar-refractivity contribution >= 4 is 17.3 Å². The van der Waals surface area contributed by atoms with E-state index in [1.807, 2.05) is 12.1 Å². The standard InChI is InChI=1S/C12H16ClNO/c1-8-3-4-11(13)12(5-8)14-9-6-10(7-9)15-2/h3-5,9-10,14H,6-7H2,1-2H3. The lowest BCUT2D eigenvalue weighted by atomic mass is 9.89. The van der Waals surface area contributed by atoms with Gasteiger partial charge in [0.15, 0.2) is 0 Å². The van der Waals surface area contributed by atoms with E-state index in [0.29, 0.717) is 12.1 Å². The fraction of sp³-hybridized carbons (Fsp3) is 0.500. The van der Waals surface area contributed by atoms with Gasteiger partial charge < -0.3 is 10.1 Å². The molecule has 1 aromatic rings. The molecule has 1 aliphatic rings. The van der Waals surface area contributed by atoms with Crippen molar-refractivity contribution in [1.29, 1.82) is 0 Å². The maximum Gasteiger partial charge on any atom is 0.0637 e. The van der Waals surface area contributed by atoms with Crippen LogP contribution in [0.15, 0.2) is 18.2 Å². The van der Waals surface area contributed by atoms with Crippen LogP contribution >= 0.6 is 11.6 Å². The highest BCUT2D eigenvalue weighted by Crippen LogP contribution is 2.30. The summed E-state index contributed by atoms with van der Waals surface area (Å²) in [6.07, 6.45) is 2.56. The summed E-state index contributed by atoms with van der Waals surface area (Å²) in [5.41, 5.74) is 2.26. The summed E-state index contributed by atoms with van der Waals surface area (Å²) in [7, 11) is 1.76. The second kappa shape index (κ2) is 4.42. The van der Waals surface area contributed by atoms with Crippen LogP contribution in [0, 0.1) is 6.92 Å². The Bertz CT molecular complexity index is 347. The zero-order valence-electron chi connectivity index (χ0n) is 9.09. The zero-order valence-corrected chi connectivity index (χ0v) is 9.84. The van der Waals surface area contributed by atoms with Gasteiger partial charge >= 0.3 is 0 Å². The van der Waals surface area contributed by atoms with E-state index >= 15 is 0 Å². The minimum Gasteiger partial charge on any atom is -0.381 e. The summed E-state index contributed by atoms with van der Waals surface area (Å²) in [6, 6.07) is 6.55. The first-order valence-electron chi connectivity index (χ1n) is 5.24. The predicted octanol–water partition coefficient (Wildman–Crippen LogP) is 3.24. The summed E-state index contributed by atoms with van der Waals surface area (Å²) >= 11 is 6.10. The van der Waals surface area contributed by atoms with Crippen molar-refractivity contribution < 1.29 is 4.74 Å². The summed E-state index contributed by atoms with van der Waals surface area (Å²) < 4.78 is 5.24. The van der Waals surface area contributed by atoms with E-state index < -0.39 is 0 Å². The molecule has 0 heterocycles. The summed E-state index contributed by atoms with van der Waals surface area (Å²) in [6.45, 7) is 2.07. The number of hydrogen-bond acceptors (Lipinski definition) is 2. The highest BCUT2D eigenvalue weighted by atomic mass is 35.5. The van der Waals surface area contributed by atoms with Gasteiger partial charge in [-0.2, -0.15) is 0 Å². The third kappa shape index (κ3) is 2.44. The third-order valence-corrected chi connectivity index (χ3v) is 3.24. The van der Waals surface area contributed by atoms with Gasteiger partial charge in [-0.15, -0.1) is 0 Å². The average Bonchev–Trinajstić information content (AvgIpc) is 2.16. The Morgan fingerprint density at radius 3 is 2.80 bits per heavy atom. The van der Waals surface area contributed by atoms with Crippen LogP contribution in [0.25, 0.3) is 0 Å². The molecule has 1 fully saturated rings. The monoisotopic (exact) mass is 225 g/mol. The van der Waals surface area contributed by atoms with Crippen molar-refractivity contribution in [3.05, 3.63) is 28.8 Å². The Labute approximate surface area is 95.6 Å². The van der Waals surface area contributed by atoms with Crippen LogP contribution in [0.1, 0.15) is 18.4 Å². The Morgan fingerprint density at radius 2 is 2.13 bits per heavy atom. The molecule has 3 heteroatoms. The lowest BCUT2D eigenvalue weighted by molar-refractivity contribution is 0.0329.